The van der Waals surface area contributed by atoms with E-state index in [-0.39, 0.29) is 11.0 Å². The van der Waals surface area contributed by atoms with E-state index < -0.39 is 5.91 Å². The Hall–Kier alpha value is -2.52. The number of methoxy groups -OCH3 is 2. The molecule has 2 aromatic heterocycles. The smallest absolute Gasteiger partial charge is 0.266 e. The van der Waals surface area contributed by atoms with E-state index in [1.54, 1.807) is 19.6 Å². The number of aromatic nitrogens is 2. The number of nitrogens with one attached hydrogen (secondary N) is 1. The Labute approximate surface area is 201 Å². The number of carbonyl (C=O) groups is 1. The van der Waals surface area contributed by atoms with E-state index in [1.165, 1.54) is 19.6 Å². The molecule has 1 amide bonds. The van der Waals surface area contributed by atoms with Crippen molar-refractivity contribution < 1.29 is 19.0 Å². The summed E-state index contributed by atoms with van der Waals surface area (Å²) < 4.78 is 20.7. The lowest BCUT2D eigenvalue weighted by Gasteiger charge is -2.23. The predicted molar refractivity (Wildman–Crippen MR) is 134 cm³/mol. The van der Waals surface area contributed by atoms with Gasteiger partial charge in [0.05, 0.1) is 25.1 Å². The second kappa shape index (κ2) is 15.3. The zero-order valence-electron chi connectivity index (χ0n) is 20.8. The lowest BCUT2D eigenvalue weighted by Crippen LogP contribution is -2.27. The summed E-state index contributed by atoms with van der Waals surface area (Å²) in [6.45, 7) is 10.00. The highest BCUT2D eigenvalue weighted by Crippen LogP contribution is 2.35. The van der Waals surface area contributed by atoms with E-state index in [9.17, 15) is 9.59 Å². The summed E-state index contributed by atoms with van der Waals surface area (Å²) in [6, 6.07) is 3.37. The minimum atomic E-state index is -0.399. The van der Waals surface area contributed by atoms with Crippen LogP contribution in [0.4, 0.5) is 0 Å². The highest BCUT2D eigenvalue weighted by molar-refractivity contribution is 7.97. The number of aryl methyl sites for hydroxylation is 2. The summed E-state index contributed by atoms with van der Waals surface area (Å²) in [7, 11) is 3.18. The largest absolute Gasteiger partial charge is 0.488 e. The molecule has 0 radical (unpaired) electrons. The molecular weight excluding hydrogens is 442 g/mol. The minimum absolute atomic E-state index is 0.117. The quantitative estimate of drug-likeness (QED) is 0.445. The second-order valence-electron chi connectivity index (χ2n) is 6.92. The summed E-state index contributed by atoms with van der Waals surface area (Å²) in [5.74, 6) is 0.536. The standard InChI is InChI=1S/C19H23N3O5S.C3H8.C2H6/c1-25-7-4-8-27-16-9-12-5-6-22-11-13(18(24)21-28-3)15(23)10-14(22)17(12)20-19(16)26-2;1-3-2;1-2/h9-11H,4-8H2,1-3H3,(H,21,24);3H2,1-2H3;1-2H3. The van der Waals surface area contributed by atoms with Crippen molar-refractivity contribution in [3.05, 3.63) is 39.7 Å². The molecule has 0 saturated heterocycles. The van der Waals surface area contributed by atoms with E-state index in [0.29, 0.717) is 49.2 Å². The van der Waals surface area contributed by atoms with Gasteiger partial charge in [-0.1, -0.05) is 46.1 Å². The van der Waals surface area contributed by atoms with Crippen molar-refractivity contribution in [1.29, 1.82) is 0 Å². The van der Waals surface area contributed by atoms with Crippen molar-refractivity contribution in [2.75, 3.05) is 33.7 Å². The summed E-state index contributed by atoms with van der Waals surface area (Å²) in [4.78, 5) is 29.1. The van der Waals surface area contributed by atoms with Gasteiger partial charge in [-0.25, -0.2) is 4.98 Å². The van der Waals surface area contributed by atoms with Gasteiger partial charge in [-0.3, -0.25) is 14.3 Å². The van der Waals surface area contributed by atoms with E-state index in [2.05, 4.69) is 23.6 Å². The fourth-order valence-electron chi connectivity index (χ4n) is 3.09. The van der Waals surface area contributed by atoms with Gasteiger partial charge in [-0.15, -0.1) is 0 Å². The molecule has 0 atom stereocenters. The van der Waals surface area contributed by atoms with Crippen molar-refractivity contribution in [3.8, 4) is 23.0 Å². The molecule has 0 fully saturated rings. The number of fused-ring (bicyclic) bond motifs is 3. The van der Waals surface area contributed by atoms with Crippen molar-refractivity contribution in [1.82, 2.24) is 14.3 Å². The minimum Gasteiger partial charge on any atom is -0.488 e. The molecule has 9 heteroatoms. The van der Waals surface area contributed by atoms with Gasteiger partial charge in [0.2, 0.25) is 0 Å². The van der Waals surface area contributed by atoms with E-state index in [1.807, 2.05) is 24.5 Å². The first-order chi connectivity index (χ1) is 16.0. The number of amides is 1. The van der Waals surface area contributed by atoms with Crippen molar-refractivity contribution >= 4 is 17.9 Å². The highest BCUT2D eigenvalue weighted by Gasteiger charge is 2.23. The Bertz CT molecular complexity index is 946. The van der Waals surface area contributed by atoms with Crippen LogP contribution in [0, 0.1) is 0 Å². The maximum atomic E-state index is 12.5. The van der Waals surface area contributed by atoms with Crippen LogP contribution in [0.5, 0.6) is 11.6 Å². The normalized spacial score (nSPS) is 11.0. The molecule has 1 aliphatic rings. The predicted octanol–water partition coefficient (Wildman–Crippen LogP) is 4.34. The molecule has 0 aliphatic carbocycles. The molecule has 3 heterocycles. The maximum absolute atomic E-state index is 12.5. The molecule has 0 spiro atoms. The first-order valence-corrected chi connectivity index (χ1v) is 12.5. The Morgan fingerprint density at radius 1 is 1.21 bits per heavy atom. The summed E-state index contributed by atoms with van der Waals surface area (Å²) in [6.07, 6.45) is 6.04. The second-order valence-corrected chi connectivity index (χ2v) is 7.53. The topological polar surface area (TPSA) is 91.7 Å². The van der Waals surface area contributed by atoms with Crippen molar-refractivity contribution in [2.45, 2.75) is 53.5 Å². The number of nitrogens with zero attached hydrogens (tertiary/aromatic N) is 2. The van der Waals surface area contributed by atoms with Crippen molar-refractivity contribution in [3.63, 3.8) is 0 Å². The molecule has 0 unspecified atom stereocenters. The van der Waals surface area contributed by atoms with Gasteiger partial charge in [0.1, 0.15) is 5.56 Å². The Morgan fingerprint density at radius 3 is 2.52 bits per heavy atom. The van der Waals surface area contributed by atoms with Crippen LogP contribution in [0.25, 0.3) is 11.4 Å². The molecule has 2 aromatic rings. The number of hydrogen-bond donors (Lipinski definition) is 1. The van der Waals surface area contributed by atoms with Crippen LogP contribution in [0.1, 0.15) is 56.5 Å². The lowest BCUT2D eigenvalue weighted by atomic mass is 10.0. The van der Waals surface area contributed by atoms with Gasteiger partial charge >= 0.3 is 0 Å². The van der Waals surface area contributed by atoms with E-state index in [4.69, 9.17) is 14.2 Å². The lowest BCUT2D eigenvalue weighted by molar-refractivity contribution is 0.0982. The zero-order valence-corrected chi connectivity index (χ0v) is 21.6. The third-order valence-corrected chi connectivity index (χ3v) is 4.80. The fraction of sp³-hybridized carbons (Fsp3) is 0.542. The molecule has 33 heavy (non-hydrogen) atoms. The molecule has 1 N–H and O–H groups in total. The first-order valence-electron chi connectivity index (χ1n) is 11.3. The van der Waals surface area contributed by atoms with Gasteiger partial charge in [-0.2, -0.15) is 0 Å². The Kier molecular flexibility index (Phi) is 13.3. The van der Waals surface area contributed by atoms with Gasteiger partial charge in [0.15, 0.2) is 11.2 Å². The van der Waals surface area contributed by atoms with Crippen LogP contribution in [-0.2, 0) is 17.7 Å². The van der Waals surface area contributed by atoms with Crippen LogP contribution in [0.2, 0.25) is 0 Å². The average molecular weight is 480 g/mol. The maximum Gasteiger partial charge on any atom is 0.266 e. The average Bonchev–Trinajstić information content (AvgIpc) is 2.82. The first kappa shape index (κ1) is 28.5. The van der Waals surface area contributed by atoms with Gasteiger partial charge in [0.25, 0.3) is 11.8 Å². The monoisotopic (exact) mass is 479 g/mol. The molecule has 1 aliphatic heterocycles. The molecule has 0 saturated carbocycles. The third kappa shape index (κ3) is 7.78. The molecule has 184 valence electrons. The van der Waals surface area contributed by atoms with Crippen LogP contribution in [0.15, 0.2) is 23.1 Å². The van der Waals surface area contributed by atoms with Gasteiger partial charge < -0.3 is 18.8 Å². The molecule has 3 rings (SSSR count). The third-order valence-electron chi connectivity index (χ3n) is 4.41. The molecule has 8 nitrogen and oxygen atoms in total. The van der Waals surface area contributed by atoms with Crippen molar-refractivity contribution in [2.24, 2.45) is 0 Å². The fourth-order valence-corrected chi connectivity index (χ4v) is 3.38. The summed E-state index contributed by atoms with van der Waals surface area (Å²) >= 11 is 1.16. The SMILES string of the molecule is CC.CCC.COCCCOc1cc2c(nc1OC)-c1cc(=O)c(C(=O)NSC)cn1CC2. The molecular formula is C24H37N3O5S. The number of ether oxygens (including phenoxy) is 3. The van der Waals surface area contributed by atoms with Gasteiger partial charge in [0, 0.05) is 45.2 Å². The number of carbonyl (C=O) groups excluding carboxylic acids is 1. The van der Waals surface area contributed by atoms with Gasteiger partial charge in [-0.05, 0) is 18.1 Å². The summed E-state index contributed by atoms with van der Waals surface area (Å²) in [5.41, 5.74) is 2.08. The van der Waals surface area contributed by atoms with E-state index >= 15 is 0 Å². The molecule has 0 aromatic carbocycles. The number of pyridine rings is 2. The van der Waals surface area contributed by atoms with Crippen LogP contribution >= 0.6 is 11.9 Å². The van der Waals surface area contributed by atoms with E-state index in [0.717, 1.165) is 23.9 Å². The van der Waals surface area contributed by atoms with Crippen LogP contribution in [-0.4, -0.2) is 49.1 Å². The summed E-state index contributed by atoms with van der Waals surface area (Å²) in [5, 5.41) is 0. The number of rotatable bonds is 8. The Morgan fingerprint density at radius 2 is 1.91 bits per heavy atom. The zero-order chi connectivity index (χ0) is 24.8. The van der Waals surface area contributed by atoms with Crippen LogP contribution in [0.3, 0.4) is 0 Å². The number of hydrogen-bond acceptors (Lipinski definition) is 7. The Balaban J connectivity index is 0.00000101. The van der Waals surface area contributed by atoms with Crippen LogP contribution < -0.4 is 19.6 Å². The highest BCUT2D eigenvalue weighted by atomic mass is 32.2. The molecule has 0 bridgehead atoms.